The number of hydrogen-bond donors (Lipinski definition) is 0. The molecule has 1 aliphatic rings. The van der Waals surface area contributed by atoms with E-state index >= 15 is 0 Å². The van der Waals surface area contributed by atoms with Gasteiger partial charge in [0.15, 0.2) is 0 Å². The van der Waals surface area contributed by atoms with Crippen LogP contribution in [0.1, 0.15) is 29.9 Å². The Hall–Kier alpha value is -1.54. The van der Waals surface area contributed by atoms with Gasteiger partial charge in [0, 0.05) is 34.0 Å². The van der Waals surface area contributed by atoms with Crippen molar-refractivity contribution in [2.75, 3.05) is 0 Å². The molecule has 0 amide bonds. The van der Waals surface area contributed by atoms with E-state index in [1.165, 1.54) is 34.6 Å². The van der Waals surface area contributed by atoms with Crippen molar-refractivity contribution in [1.29, 1.82) is 0 Å². The minimum absolute atomic E-state index is 0.643. The smallest absolute Gasteiger partial charge is 0.0491 e. The summed E-state index contributed by atoms with van der Waals surface area (Å²) in [5, 5.41) is 1.31. The number of aromatic nitrogens is 1. The molecule has 2 aromatic carbocycles. The van der Waals surface area contributed by atoms with Crippen molar-refractivity contribution in [3.8, 4) is 0 Å². The average Bonchev–Trinajstić information content (AvgIpc) is 2.92. The fraction of sp³-hybridized carbons (Fsp3) is 0.263. The molecule has 0 spiro atoms. The Morgan fingerprint density at radius 1 is 1.05 bits per heavy atom. The molecule has 0 radical (unpaired) electrons. The number of rotatable bonds is 2. The summed E-state index contributed by atoms with van der Waals surface area (Å²) in [5.41, 5.74) is 4.43. The van der Waals surface area contributed by atoms with E-state index < -0.39 is 0 Å². The first-order valence-electron chi connectivity index (χ1n) is 7.64. The highest BCUT2D eigenvalue weighted by Gasteiger charge is 2.20. The van der Waals surface area contributed by atoms with Crippen LogP contribution in [0, 0.1) is 0 Å². The molecule has 1 atom stereocenters. The van der Waals surface area contributed by atoms with Crippen molar-refractivity contribution in [3.63, 3.8) is 0 Å². The molecular formula is C19H18BrN. The zero-order chi connectivity index (χ0) is 14.2. The van der Waals surface area contributed by atoms with E-state index in [0.717, 1.165) is 6.54 Å². The number of hydrogen-bond acceptors (Lipinski definition) is 0. The Morgan fingerprint density at radius 3 is 2.90 bits per heavy atom. The third kappa shape index (κ3) is 2.32. The van der Waals surface area contributed by atoms with Crippen molar-refractivity contribution in [2.45, 2.75) is 31.7 Å². The second-order valence-electron chi connectivity index (χ2n) is 5.93. The Kier molecular flexibility index (Phi) is 3.34. The summed E-state index contributed by atoms with van der Waals surface area (Å²) in [6, 6.07) is 17.6. The Labute approximate surface area is 133 Å². The Morgan fingerprint density at radius 2 is 1.95 bits per heavy atom. The zero-order valence-corrected chi connectivity index (χ0v) is 13.5. The number of nitrogens with zero attached hydrogens (tertiary/aromatic N) is 1. The van der Waals surface area contributed by atoms with E-state index in [-0.39, 0.29) is 0 Å². The highest BCUT2D eigenvalue weighted by atomic mass is 79.9. The topological polar surface area (TPSA) is 4.93 Å². The molecule has 0 saturated heterocycles. The third-order valence-corrected chi connectivity index (χ3v) is 5.36. The summed E-state index contributed by atoms with van der Waals surface area (Å²) in [5.74, 6) is 0.643. The van der Waals surface area contributed by atoms with Gasteiger partial charge in [0.05, 0.1) is 0 Å². The normalized spacial score (nSPS) is 17.9. The molecule has 0 bridgehead atoms. The standard InChI is InChI=1S/C19H18BrN/c20-18-9-4-10-19-17(18)11-12-21(19)13-15-7-3-6-14-5-1-2-8-16(14)15/h1-2,4-5,8-12,15H,3,6-7,13H2. The van der Waals surface area contributed by atoms with Crippen LogP contribution in [0.5, 0.6) is 0 Å². The quantitative estimate of drug-likeness (QED) is 0.578. The van der Waals surface area contributed by atoms with Gasteiger partial charge in [0.1, 0.15) is 0 Å². The molecule has 3 aromatic rings. The summed E-state index contributed by atoms with van der Waals surface area (Å²) in [4.78, 5) is 0. The monoisotopic (exact) mass is 339 g/mol. The van der Waals surface area contributed by atoms with Crippen LogP contribution in [0.2, 0.25) is 0 Å². The molecule has 4 rings (SSSR count). The first-order chi connectivity index (χ1) is 10.3. The Balaban J connectivity index is 1.71. The predicted molar refractivity (Wildman–Crippen MR) is 91.8 cm³/mol. The lowest BCUT2D eigenvalue weighted by Gasteiger charge is -2.26. The summed E-state index contributed by atoms with van der Waals surface area (Å²) >= 11 is 3.65. The van der Waals surface area contributed by atoms with Crippen molar-refractivity contribution < 1.29 is 0 Å². The van der Waals surface area contributed by atoms with Gasteiger partial charge in [0.2, 0.25) is 0 Å². The number of aryl methyl sites for hydroxylation is 1. The van der Waals surface area contributed by atoms with Gasteiger partial charge in [-0.2, -0.15) is 0 Å². The van der Waals surface area contributed by atoms with E-state index in [4.69, 9.17) is 0 Å². The molecule has 106 valence electrons. The summed E-state index contributed by atoms with van der Waals surface area (Å²) < 4.78 is 3.59. The number of benzene rings is 2. The molecule has 1 aliphatic carbocycles. The van der Waals surface area contributed by atoms with Gasteiger partial charge in [-0.25, -0.2) is 0 Å². The van der Waals surface area contributed by atoms with Gasteiger partial charge < -0.3 is 4.57 Å². The minimum atomic E-state index is 0.643. The van der Waals surface area contributed by atoms with Crippen molar-refractivity contribution in [1.82, 2.24) is 4.57 Å². The van der Waals surface area contributed by atoms with Crippen molar-refractivity contribution in [2.24, 2.45) is 0 Å². The van der Waals surface area contributed by atoms with Gasteiger partial charge >= 0.3 is 0 Å². The summed E-state index contributed by atoms with van der Waals surface area (Å²) in [6.07, 6.45) is 6.08. The lowest BCUT2D eigenvalue weighted by Crippen LogP contribution is -2.15. The van der Waals surface area contributed by atoms with E-state index in [0.29, 0.717) is 5.92 Å². The molecule has 1 heterocycles. The van der Waals surface area contributed by atoms with Gasteiger partial charge in [-0.05, 0) is 48.6 Å². The molecule has 1 unspecified atom stereocenters. The molecule has 0 fully saturated rings. The first kappa shape index (κ1) is 13.1. The highest BCUT2D eigenvalue weighted by molar-refractivity contribution is 9.10. The summed E-state index contributed by atoms with van der Waals surface area (Å²) in [6.45, 7) is 1.08. The highest BCUT2D eigenvalue weighted by Crippen LogP contribution is 2.34. The molecule has 21 heavy (non-hydrogen) atoms. The van der Waals surface area contributed by atoms with E-state index in [1.54, 1.807) is 11.1 Å². The predicted octanol–water partition coefficient (Wildman–Crippen LogP) is 5.52. The minimum Gasteiger partial charge on any atom is -0.347 e. The second-order valence-corrected chi connectivity index (χ2v) is 6.78. The maximum absolute atomic E-state index is 3.65. The van der Waals surface area contributed by atoms with Crippen molar-refractivity contribution in [3.05, 3.63) is 70.3 Å². The SMILES string of the molecule is Brc1cccc2c1ccn2CC1CCCc2ccccc21. The average molecular weight is 340 g/mol. The van der Waals surface area contributed by atoms with Crippen LogP contribution in [0.25, 0.3) is 10.9 Å². The Bertz CT molecular complexity index is 787. The second kappa shape index (κ2) is 5.34. The van der Waals surface area contributed by atoms with E-state index in [1.807, 2.05) is 0 Å². The van der Waals surface area contributed by atoms with Gasteiger partial charge in [-0.1, -0.05) is 46.3 Å². The van der Waals surface area contributed by atoms with Crippen LogP contribution >= 0.6 is 15.9 Å². The van der Waals surface area contributed by atoms with Crippen LogP contribution < -0.4 is 0 Å². The van der Waals surface area contributed by atoms with E-state index in [2.05, 4.69) is 75.2 Å². The van der Waals surface area contributed by atoms with Gasteiger partial charge in [0.25, 0.3) is 0 Å². The maximum atomic E-state index is 3.65. The lowest BCUT2D eigenvalue weighted by molar-refractivity contribution is 0.490. The molecule has 1 nitrogen and oxygen atoms in total. The van der Waals surface area contributed by atoms with Crippen LogP contribution in [-0.4, -0.2) is 4.57 Å². The molecule has 1 aromatic heterocycles. The summed E-state index contributed by atoms with van der Waals surface area (Å²) in [7, 11) is 0. The molecule has 2 heteroatoms. The van der Waals surface area contributed by atoms with Crippen LogP contribution in [-0.2, 0) is 13.0 Å². The third-order valence-electron chi connectivity index (χ3n) is 4.67. The molecule has 0 N–H and O–H groups in total. The number of fused-ring (bicyclic) bond motifs is 2. The van der Waals surface area contributed by atoms with Gasteiger partial charge in [-0.15, -0.1) is 0 Å². The number of halogens is 1. The maximum Gasteiger partial charge on any atom is 0.0491 e. The van der Waals surface area contributed by atoms with Crippen LogP contribution in [0.3, 0.4) is 0 Å². The van der Waals surface area contributed by atoms with Gasteiger partial charge in [-0.3, -0.25) is 0 Å². The van der Waals surface area contributed by atoms with E-state index in [9.17, 15) is 0 Å². The molecule has 0 saturated carbocycles. The largest absolute Gasteiger partial charge is 0.347 e. The first-order valence-corrected chi connectivity index (χ1v) is 8.43. The van der Waals surface area contributed by atoms with Crippen molar-refractivity contribution >= 4 is 26.8 Å². The molecule has 0 aliphatic heterocycles. The van der Waals surface area contributed by atoms with Crippen LogP contribution in [0.15, 0.2) is 59.2 Å². The van der Waals surface area contributed by atoms with Crippen LogP contribution in [0.4, 0.5) is 0 Å². The fourth-order valence-electron chi connectivity index (χ4n) is 3.63. The zero-order valence-electron chi connectivity index (χ0n) is 11.9. The molecular weight excluding hydrogens is 322 g/mol. The fourth-order valence-corrected chi connectivity index (χ4v) is 4.11. The lowest BCUT2D eigenvalue weighted by atomic mass is 9.83.